The van der Waals surface area contributed by atoms with Crippen molar-refractivity contribution in [3.05, 3.63) is 126 Å². The summed E-state index contributed by atoms with van der Waals surface area (Å²) in [6, 6.07) is 25.1. The van der Waals surface area contributed by atoms with Crippen LogP contribution in [-0.2, 0) is 11.2 Å². The number of nitrogens with zero attached hydrogens (tertiary/aromatic N) is 2. The number of hydrogen-bond acceptors (Lipinski definition) is 4. The Bertz CT molecular complexity index is 2040. The van der Waals surface area contributed by atoms with Crippen LogP contribution in [0.4, 0.5) is 0 Å². The number of phenols is 1. The molecule has 2 aromatic heterocycles. The van der Waals surface area contributed by atoms with Crippen LogP contribution in [0.15, 0.2) is 115 Å². The first-order valence-corrected chi connectivity index (χ1v) is 21.0. The van der Waals surface area contributed by atoms with Crippen LogP contribution in [0.1, 0.15) is 104 Å². The second-order valence-electron chi connectivity index (χ2n) is 16.4. The summed E-state index contributed by atoms with van der Waals surface area (Å²) >= 11 is 6.34. The van der Waals surface area contributed by atoms with Crippen molar-refractivity contribution in [2.24, 2.45) is 5.41 Å². The molecule has 0 aliphatic heterocycles. The Morgan fingerprint density at radius 2 is 1.45 bits per heavy atom. The number of aliphatic hydroxyl groups is 1. The van der Waals surface area contributed by atoms with Gasteiger partial charge in [-0.2, -0.15) is 24.4 Å². The monoisotopic (exact) mass is 748 g/mol. The molecule has 3 aromatic carbocycles. The zero-order valence-corrected chi connectivity index (χ0v) is 34.4. The maximum Gasteiger partial charge on any atom is 0.143 e. The molecule has 6 rings (SSSR count). The van der Waals surface area contributed by atoms with Gasteiger partial charge >= 0.3 is 0 Å². The second-order valence-corrected chi connectivity index (χ2v) is 18.2. The fraction of sp³-hybridized carbons (Fsp3) is 0.404. The van der Waals surface area contributed by atoms with Gasteiger partial charge in [-0.05, 0) is 94.2 Å². The van der Waals surface area contributed by atoms with Crippen LogP contribution in [0.5, 0.6) is 5.75 Å². The zero-order valence-electron chi connectivity index (χ0n) is 32.7. The smallest absolute Gasteiger partial charge is 0.143 e. The standard InChI is InChI=1S/C27H35NOS.C20H25NOS/c1-27(2,3)22-17-21(19-30-23-12-7-5-4-6-8-13-23)26(29)25(18-22)28-16-15-20-11-9-10-14-24(20)28;1-15(22)19(14-17(9-7-13-23)20(2,3)4)21-12-11-16-8-5-6-10-18(16)21/h9-11,14-18,23,29H,4-8,12-13,19H2,1-3H3;5-6,8-12,14,22-23H,1,7,13H2,2-4H3/b;17-9+,19-14+. The molecule has 1 aliphatic rings. The van der Waals surface area contributed by atoms with E-state index in [0.29, 0.717) is 11.4 Å². The molecule has 1 fully saturated rings. The summed E-state index contributed by atoms with van der Waals surface area (Å²) < 4.78 is 4.13. The van der Waals surface area contributed by atoms with E-state index in [1.54, 1.807) is 0 Å². The Morgan fingerprint density at radius 3 is 2.08 bits per heavy atom. The van der Waals surface area contributed by atoms with Crippen molar-refractivity contribution in [3.63, 3.8) is 0 Å². The van der Waals surface area contributed by atoms with Gasteiger partial charge in [0.25, 0.3) is 0 Å². The van der Waals surface area contributed by atoms with Gasteiger partial charge in [0.15, 0.2) is 0 Å². The number of phenolic OH excluding ortho intramolecular Hbond substituents is 1. The van der Waals surface area contributed by atoms with Crippen LogP contribution in [0.3, 0.4) is 0 Å². The van der Waals surface area contributed by atoms with Crippen molar-refractivity contribution < 1.29 is 10.2 Å². The number of rotatable bonds is 9. The van der Waals surface area contributed by atoms with Crippen molar-refractivity contribution in [3.8, 4) is 11.4 Å². The maximum absolute atomic E-state index is 11.3. The molecule has 0 spiro atoms. The van der Waals surface area contributed by atoms with Gasteiger partial charge in [0, 0.05) is 29.0 Å². The Hall–Kier alpha value is -3.74. The fourth-order valence-corrected chi connectivity index (χ4v) is 8.46. The van der Waals surface area contributed by atoms with Crippen molar-refractivity contribution in [2.75, 3.05) is 5.75 Å². The number of allylic oxidation sites excluding steroid dienone is 4. The third-order valence-electron chi connectivity index (χ3n) is 10.2. The number of benzene rings is 3. The van der Waals surface area contributed by atoms with Gasteiger partial charge < -0.3 is 19.3 Å². The van der Waals surface area contributed by atoms with Gasteiger partial charge in [-0.1, -0.05) is 129 Å². The number of aromatic nitrogens is 2. The highest BCUT2D eigenvalue weighted by Gasteiger charge is 2.22. The first kappa shape index (κ1) is 40.4. The van der Waals surface area contributed by atoms with Crippen molar-refractivity contribution in [1.29, 1.82) is 0 Å². The van der Waals surface area contributed by atoms with E-state index < -0.39 is 0 Å². The minimum atomic E-state index is -0.0212. The number of aromatic hydroxyl groups is 1. The van der Waals surface area contributed by atoms with E-state index in [1.807, 2.05) is 52.9 Å². The number of thioether (sulfide) groups is 1. The van der Waals surface area contributed by atoms with Crippen LogP contribution in [-0.4, -0.2) is 30.4 Å². The van der Waals surface area contributed by atoms with Crippen LogP contribution in [0.25, 0.3) is 33.2 Å². The fourth-order valence-electron chi connectivity index (χ4n) is 7.02. The summed E-state index contributed by atoms with van der Waals surface area (Å²) in [6.07, 6.45) is 18.7. The van der Waals surface area contributed by atoms with Crippen molar-refractivity contribution in [2.45, 2.75) is 109 Å². The van der Waals surface area contributed by atoms with Crippen LogP contribution >= 0.6 is 24.4 Å². The molecule has 5 aromatic rings. The topological polar surface area (TPSA) is 50.3 Å². The Labute approximate surface area is 328 Å². The molecule has 1 saturated carbocycles. The maximum atomic E-state index is 11.3. The van der Waals surface area contributed by atoms with E-state index in [9.17, 15) is 10.2 Å². The quantitative estimate of drug-likeness (QED) is 0.0799. The largest absolute Gasteiger partial charge is 0.506 e. The molecule has 0 amide bonds. The highest BCUT2D eigenvalue weighted by Crippen LogP contribution is 2.39. The molecule has 53 heavy (non-hydrogen) atoms. The summed E-state index contributed by atoms with van der Waals surface area (Å²) in [6.45, 7) is 17.0. The lowest BCUT2D eigenvalue weighted by Crippen LogP contribution is -2.13. The number of thiol groups is 1. The summed E-state index contributed by atoms with van der Waals surface area (Å²) in [7, 11) is 0. The van der Waals surface area contributed by atoms with Gasteiger partial charge in [0.05, 0.1) is 22.4 Å². The van der Waals surface area contributed by atoms with Gasteiger partial charge in [-0.3, -0.25) is 0 Å². The average Bonchev–Trinajstić information content (AvgIpc) is 3.72. The third-order valence-corrected chi connectivity index (χ3v) is 11.9. The SMILES string of the molecule is C=C(O)/C(=C\C(=C/CCS)C(C)(C)C)n1ccc2ccccc21.CC(C)(C)c1cc(CSC2CCCCCCC2)c(O)c(-n2ccc3ccccc32)c1. The van der Waals surface area contributed by atoms with Gasteiger partial charge in [0.2, 0.25) is 0 Å². The average molecular weight is 749 g/mol. The molecule has 0 saturated heterocycles. The lowest BCUT2D eigenvalue weighted by atomic mass is 9.85. The molecule has 0 unspecified atom stereocenters. The normalized spacial score (nSPS) is 15.2. The van der Waals surface area contributed by atoms with E-state index in [4.69, 9.17) is 0 Å². The number of para-hydroxylation sites is 2. The molecule has 0 atom stereocenters. The first-order chi connectivity index (χ1) is 25.3. The van der Waals surface area contributed by atoms with Gasteiger partial charge in [-0.25, -0.2) is 0 Å². The van der Waals surface area contributed by atoms with Gasteiger partial charge in [0.1, 0.15) is 11.5 Å². The molecule has 282 valence electrons. The summed E-state index contributed by atoms with van der Waals surface area (Å²) in [5.41, 5.74) is 7.31. The summed E-state index contributed by atoms with van der Waals surface area (Å²) in [4.78, 5) is 0. The predicted octanol–water partition coefficient (Wildman–Crippen LogP) is 13.8. The van der Waals surface area contributed by atoms with E-state index in [2.05, 4.69) is 126 Å². The van der Waals surface area contributed by atoms with E-state index in [1.165, 1.54) is 55.9 Å². The molecule has 4 nitrogen and oxygen atoms in total. The lowest BCUT2D eigenvalue weighted by molar-refractivity contribution is 0.435. The summed E-state index contributed by atoms with van der Waals surface area (Å²) in [5, 5.41) is 24.5. The van der Waals surface area contributed by atoms with Crippen LogP contribution < -0.4 is 0 Å². The zero-order chi connectivity index (χ0) is 38.2. The second kappa shape index (κ2) is 18.1. The molecule has 1 aliphatic carbocycles. The minimum Gasteiger partial charge on any atom is -0.506 e. The Morgan fingerprint density at radius 1 is 0.849 bits per heavy atom. The number of hydrogen-bond donors (Lipinski definition) is 3. The Balaban J connectivity index is 0.000000212. The number of aliphatic hydroxyl groups excluding tert-OH is 1. The van der Waals surface area contributed by atoms with Crippen LogP contribution in [0, 0.1) is 5.41 Å². The van der Waals surface area contributed by atoms with Crippen molar-refractivity contribution in [1.82, 2.24) is 9.13 Å². The highest BCUT2D eigenvalue weighted by atomic mass is 32.2. The van der Waals surface area contributed by atoms with E-state index >= 15 is 0 Å². The Kier molecular flexibility index (Phi) is 13.8. The first-order valence-electron chi connectivity index (χ1n) is 19.3. The molecule has 2 N–H and O–H groups in total. The van der Waals surface area contributed by atoms with E-state index in [-0.39, 0.29) is 16.6 Å². The molecule has 2 heterocycles. The minimum absolute atomic E-state index is 0.0212. The third kappa shape index (κ3) is 10.5. The molecule has 0 radical (unpaired) electrons. The molecular weight excluding hydrogens is 689 g/mol. The number of fused-ring (bicyclic) bond motifs is 2. The van der Waals surface area contributed by atoms with Gasteiger partial charge in [-0.15, -0.1) is 0 Å². The van der Waals surface area contributed by atoms with Crippen molar-refractivity contribution >= 4 is 51.9 Å². The molecular formula is C47H60N2O2S2. The summed E-state index contributed by atoms with van der Waals surface area (Å²) in [5.74, 6) is 2.18. The van der Waals surface area contributed by atoms with E-state index in [0.717, 1.165) is 56.4 Å². The lowest BCUT2D eigenvalue weighted by Gasteiger charge is -2.24. The van der Waals surface area contributed by atoms with Crippen LogP contribution in [0.2, 0.25) is 0 Å². The molecule has 6 heteroatoms. The molecule has 0 bridgehead atoms. The predicted molar refractivity (Wildman–Crippen MR) is 235 cm³/mol. The highest BCUT2D eigenvalue weighted by molar-refractivity contribution is 7.99.